The Labute approximate surface area is 118 Å². The molecule has 4 heteroatoms. The standard InChI is InChI=1S/C15H17ClN2O/c1-4-13-17-8-9-18(13)14(19)15(2,3)11-6-5-7-12(16)10-11/h5-10H,4H2,1-3H3. The van der Waals surface area contributed by atoms with Crippen LogP contribution in [0.3, 0.4) is 0 Å². The van der Waals surface area contributed by atoms with Crippen molar-refractivity contribution in [2.75, 3.05) is 0 Å². The van der Waals surface area contributed by atoms with Crippen LogP contribution in [-0.2, 0) is 11.8 Å². The van der Waals surface area contributed by atoms with Crippen molar-refractivity contribution in [1.29, 1.82) is 0 Å². The van der Waals surface area contributed by atoms with Crippen LogP contribution in [0.2, 0.25) is 5.02 Å². The third kappa shape index (κ3) is 2.56. The lowest BCUT2D eigenvalue weighted by atomic mass is 9.83. The highest BCUT2D eigenvalue weighted by Gasteiger charge is 2.32. The number of benzene rings is 1. The molecule has 0 spiro atoms. The lowest BCUT2D eigenvalue weighted by molar-refractivity contribution is 0.0818. The number of aromatic nitrogens is 2. The molecule has 100 valence electrons. The number of rotatable bonds is 3. The zero-order valence-corrected chi connectivity index (χ0v) is 12.1. The second kappa shape index (κ2) is 5.17. The number of hydrogen-bond acceptors (Lipinski definition) is 2. The van der Waals surface area contributed by atoms with Crippen LogP contribution in [0, 0.1) is 0 Å². The van der Waals surface area contributed by atoms with Crippen molar-refractivity contribution in [3.05, 3.63) is 53.1 Å². The Morgan fingerprint density at radius 3 is 2.79 bits per heavy atom. The van der Waals surface area contributed by atoms with Gasteiger partial charge in [-0.25, -0.2) is 4.98 Å². The summed E-state index contributed by atoms with van der Waals surface area (Å²) in [5, 5.41) is 0.639. The Balaban J connectivity index is 2.42. The summed E-state index contributed by atoms with van der Waals surface area (Å²) in [7, 11) is 0. The summed E-state index contributed by atoms with van der Waals surface area (Å²) in [5.74, 6) is 0.782. The first-order valence-electron chi connectivity index (χ1n) is 6.30. The summed E-state index contributed by atoms with van der Waals surface area (Å²) >= 11 is 6.01. The predicted octanol–water partition coefficient (Wildman–Crippen LogP) is 3.72. The molecular weight excluding hydrogens is 260 g/mol. The van der Waals surface area contributed by atoms with E-state index in [0.29, 0.717) is 5.02 Å². The Morgan fingerprint density at radius 2 is 2.16 bits per heavy atom. The van der Waals surface area contributed by atoms with Gasteiger partial charge in [0.25, 0.3) is 0 Å². The molecule has 0 radical (unpaired) electrons. The van der Waals surface area contributed by atoms with Gasteiger partial charge >= 0.3 is 0 Å². The number of hydrogen-bond donors (Lipinski definition) is 0. The first kappa shape index (κ1) is 13.8. The minimum absolute atomic E-state index is 0.00381. The maximum absolute atomic E-state index is 12.7. The molecule has 0 unspecified atom stereocenters. The first-order valence-corrected chi connectivity index (χ1v) is 6.67. The van der Waals surface area contributed by atoms with E-state index in [9.17, 15) is 4.79 Å². The first-order chi connectivity index (χ1) is 8.96. The number of halogens is 1. The molecule has 2 rings (SSSR count). The average molecular weight is 277 g/mol. The molecule has 0 fully saturated rings. The fourth-order valence-electron chi connectivity index (χ4n) is 2.08. The van der Waals surface area contributed by atoms with Crippen LogP contribution >= 0.6 is 11.6 Å². The summed E-state index contributed by atoms with van der Waals surface area (Å²) in [6.45, 7) is 5.79. The molecule has 1 aromatic heterocycles. The molecule has 0 aliphatic heterocycles. The van der Waals surface area contributed by atoms with Crippen molar-refractivity contribution in [1.82, 2.24) is 9.55 Å². The third-order valence-corrected chi connectivity index (χ3v) is 3.57. The molecule has 1 heterocycles. The molecule has 0 aliphatic carbocycles. The molecule has 0 aliphatic rings. The largest absolute Gasteiger partial charge is 0.273 e. The van der Waals surface area contributed by atoms with Crippen molar-refractivity contribution in [3.8, 4) is 0 Å². The van der Waals surface area contributed by atoms with E-state index in [4.69, 9.17) is 11.6 Å². The minimum Gasteiger partial charge on any atom is -0.273 e. The average Bonchev–Trinajstić information content (AvgIpc) is 2.85. The summed E-state index contributed by atoms with van der Waals surface area (Å²) in [6.07, 6.45) is 4.10. The Kier molecular flexibility index (Phi) is 3.76. The lowest BCUT2D eigenvalue weighted by Gasteiger charge is -2.24. The van der Waals surface area contributed by atoms with Crippen molar-refractivity contribution >= 4 is 17.5 Å². The van der Waals surface area contributed by atoms with Gasteiger partial charge in [0.15, 0.2) is 0 Å². The lowest BCUT2D eigenvalue weighted by Crippen LogP contribution is -2.34. The molecule has 1 aromatic carbocycles. The summed E-state index contributed by atoms with van der Waals surface area (Å²) in [6, 6.07) is 7.43. The van der Waals surface area contributed by atoms with Crippen LogP contribution in [0.15, 0.2) is 36.7 Å². The van der Waals surface area contributed by atoms with E-state index in [2.05, 4.69) is 4.98 Å². The highest BCUT2D eigenvalue weighted by atomic mass is 35.5. The Morgan fingerprint density at radius 1 is 1.42 bits per heavy atom. The number of imidazole rings is 1. The fraction of sp³-hybridized carbons (Fsp3) is 0.333. The van der Waals surface area contributed by atoms with E-state index in [1.807, 2.05) is 39.0 Å². The van der Waals surface area contributed by atoms with Crippen LogP contribution in [0.25, 0.3) is 0 Å². The summed E-state index contributed by atoms with van der Waals surface area (Å²) in [4.78, 5) is 16.9. The van der Waals surface area contributed by atoms with Crippen LogP contribution in [0.5, 0.6) is 0 Å². The molecule has 0 saturated heterocycles. The summed E-state index contributed by atoms with van der Waals surface area (Å²) < 4.78 is 1.63. The topological polar surface area (TPSA) is 34.9 Å². The minimum atomic E-state index is -0.643. The van der Waals surface area contributed by atoms with Crippen LogP contribution in [0.4, 0.5) is 0 Å². The predicted molar refractivity (Wildman–Crippen MR) is 76.7 cm³/mol. The molecule has 0 saturated carbocycles. The number of carbonyl (C=O) groups excluding carboxylic acids is 1. The van der Waals surface area contributed by atoms with E-state index in [0.717, 1.165) is 17.8 Å². The smallest absolute Gasteiger partial charge is 0.242 e. The van der Waals surface area contributed by atoms with Gasteiger partial charge in [-0.15, -0.1) is 0 Å². The maximum atomic E-state index is 12.7. The van der Waals surface area contributed by atoms with Crippen LogP contribution < -0.4 is 0 Å². The molecule has 0 N–H and O–H groups in total. The highest BCUT2D eigenvalue weighted by Crippen LogP contribution is 2.27. The maximum Gasteiger partial charge on any atom is 0.242 e. The van der Waals surface area contributed by atoms with Gasteiger partial charge in [-0.05, 0) is 31.5 Å². The van der Waals surface area contributed by atoms with Gasteiger partial charge in [0.05, 0.1) is 5.41 Å². The van der Waals surface area contributed by atoms with Gasteiger partial charge in [0.1, 0.15) is 5.82 Å². The SMILES string of the molecule is CCc1nccn1C(=O)C(C)(C)c1cccc(Cl)c1. The zero-order valence-electron chi connectivity index (χ0n) is 11.4. The number of aryl methyl sites for hydroxylation is 1. The molecular formula is C15H17ClN2O. The van der Waals surface area contributed by atoms with E-state index in [1.54, 1.807) is 23.0 Å². The van der Waals surface area contributed by atoms with Crippen molar-refractivity contribution in [3.63, 3.8) is 0 Å². The van der Waals surface area contributed by atoms with Gasteiger partial charge < -0.3 is 0 Å². The molecule has 0 bridgehead atoms. The second-order valence-electron chi connectivity index (χ2n) is 5.01. The molecule has 2 aromatic rings. The molecule has 3 nitrogen and oxygen atoms in total. The van der Waals surface area contributed by atoms with Gasteiger partial charge in [-0.2, -0.15) is 0 Å². The third-order valence-electron chi connectivity index (χ3n) is 3.33. The fourth-order valence-corrected chi connectivity index (χ4v) is 2.27. The molecule has 0 amide bonds. The van der Waals surface area contributed by atoms with Gasteiger partial charge in [-0.3, -0.25) is 9.36 Å². The zero-order chi connectivity index (χ0) is 14.0. The Bertz CT molecular complexity index is 602. The van der Waals surface area contributed by atoms with E-state index >= 15 is 0 Å². The second-order valence-corrected chi connectivity index (χ2v) is 5.44. The molecule has 19 heavy (non-hydrogen) atoms. The number of carbonyl (C=O) groups is 1. The van der Waals surface area contributed by atoms with Gasteiger partial charge in [0, 0.05) is 23.8 Å². The van der Waals surface area contributed by atoms with Crippen LogP contribution in [-0.4, -0.2) is 15.5 Å². The van der Waals surface area contributed by atoms with E-state index < -0.39 is 5.41 Å². The van der Waals surface area contributed by atoms with E-state index in [-0.39, 0.29) is 5.91 Å². The number of nitrogens with zero attached hydrogens (tertiary/aromatic N) is 2. The van der Waals surface area contributed by atoms with Crippen molar-refractivity contribution < 1.29 is 4.79 Å². The van der Waals surface area contributed by atoms with Gasteiger partial charge in [-0.1, -0.05) is 30.7 Å². The van der Waals surface area contributed by atoms with E-state index in [1.165, 1.54) is 0 Å². The van der Waals surface area contributed by atoms with Crippen molar-refractivity contribution in [2.45, 2.75) is 32.6 Å². The highest BCUT2D eigenvalue weighted by molar-refractivity contribution is 6.30. The van der Waals surface area contributed by atoms with Crippen LogP contribution in [0.1, 0.15) is 37.0 Å². The molecule has 0 atom stereocenters. The quantitative estimate of drug-likeness (QED) is 0.856. The summed E-state index contributed by atoms with van der Waals surface area (Å²) in [5.41, 5.74) is 0.260. The normalized spacial score (nSPS) is 11.6. The van der Waals surface area contributed by atoms with Crippen molar-refractivity contribution in [2.24, 2.45) is 0 Å². The Hall–Kier alpha value is -1.61. The van der Waals surface area contributed by atoms with Gasteiger partial charge in [0.2, 0.25) is 5.91 Å². The monoisotopic (exact) mass is 276 g/mol.